The quantitative estimate of drug-likeness (QED) is 0.660. The highest BCUT2D eigenvalue weighted by Crippen LogP contribution is 2.31. The SMILES string of the molecule is NC(=O)Oc1cccc2c(N[C@H](CN3CCC3)c3cccc(Cl)c3)ncnc12. The number of carbonyl (C=O) groups excluding carboxylic acids is 1. The van der Waals surface area contributed by atoms with Crippen LogP contribution in [-0.2, 0) is 0 Å². The molecule has 0 aliphatic carbocycles. The molecule has 1 atom stereocenters. The van der Waals surface area contributed by atoms with Gasteiger partial charge in [0, 0.05) is 17.0 Å². The van der Waals surface area contributed by atoms with Gasteiger partial charge in [0.25, 0.3) is 0 Å². The molecule has 1 fully saturated rings. The van der Waals surface area contributed by atoms with Gasteiger partial charge in [-0.1, -0.05) is 29.8 Å². The van der Waals surface area contributed by atoms with Crippen LogP contribution in [0.2, 0.25) is 5.02 Å². The van der Waals surface area contributed by atoms with E-state index in [-0.39, 0.29) is 6.04 Å². The Balaban J connectivity index is 1.69. The highest BCUT2D eigenvalue weighted by Gasteiger charge is 2.22. The molecular formula is C20H20ClN5O2. The lowest BCUT2D eigenvalue weighted by Crippen LogP contribution is -2.41. The second kappa shape index (κ2) is 8.00. The lowest BCUT2D eigenvalue weighted by Gasteiger charge is -2.35. The van der Waals surface area contributed by atoms with E-state index in [1.54, 1.807) is 12.1 Å². The van der Waals surface area contributed by atoms with Crippen molar-refractivity contribution < 1.29 is 9.53 Å². The Morgan fingerprint density at radius 2 is 2.07 bits per heavy atom. The van der Waals surface area contributed by atoms with Crippen molar-refractivity contribution in [2.75, 3.05) is 25.0 Å². The monoisotopic (exact) mass is 397 g/mol. The summed E-state index contributed by atoms with van der Waals surface area (Å²) in [5.74, 6) is 0.961. The van der Waals surface area contributed by atoms with Gasteiger partial charge in [-0.15, -0.1) is 0 Å². The van der Waals surface area contributed by atoms with E-state index in [9.17, 15) is 4.79 Å². The number of halogens is 1. The molecule has 1 aliphatic heterocycles. The topological polar surface area (TPSA) is 93.4 Å². The summed E-state index contributed by atoms with van der Waals surface area (Å²) in [7, 11) is 0. The summed E-state index contributed by atoms with van der Waals surface area (Å²) >= 11 is 6.21. The Labute approximate surface area is 167 Å². The summed E-state index contributed by atoms with van der Waals surface area (Å²) in [6, 6.07) is 13.1. The second-order valence-corrected chi connectivity index (χ2v) is 7.14. The molecule has 0 bridgehead atoms. The molecule has 8 heteroatoms. The van der Waals surface area contributed by atoms with E-state index in [0.717, 1.165) is 30.6 Å². The molecule has 4 rings (SSSR count). The normalized spacial score (nSPS) is 15.0. The number of ether oxygens (including phenoxy) is 1. The first kappa shape index (κ1) is 18.5. The molecule has 28 heavy (non-hydrogen) atoms. The van der Waals surface area contributed by atoms with E-state index in [4.69, 9.17) is 22.1 Å². The van der Waals surface area contributed by atoms with Gasteiger partial charge >= 0.3 is 6.09 Å². The number of nitrogens with two attached hydrogens (primary N) is 1. The number of fused-ring (bicyclic) bond motifs is 1. The fourth-order valence-corrected chi connectivity index (χ4v) is 3.51. The van der Waals surface area contributed by atoms with Crippen molar-refractivity contribution in [3.05, 3.63) is 59.4 Å². The molecule has 3 N–H and O–H groups in total. The Morgan fingerprint density at radius 3 is 2.79 bits per heavy atom. The van der Waals surface area contributed by atoms with Crippen molar-refractivity contribution in [3.63, 3.8) is 0 Å². The maximum atomic E-state index is 11.2. The van der Waals surface area contributed by atoms with E-state index in [2.05, 4.69) is 20.2 Å². The number of para-hydroxylation sites is 1. The molecule has 1 aliphatic rings. The van der Waals surface area contributed by atoms with Gasteiger partial charge in [0.1, 0.15) is 17.7 Å². The van der Waals surface area contributed by atoms with Crippen LogP contribution in [-0.4, -0.2) is 40.6 Å². The summed E-state index contributed by atoms with van der Waals surface area (Å²) < 4.78 is 5.07. The van der Waals surface area contributed by atoms with Crippen molar-refractivity contribution in [2.45, 2.75) is 12.5 Å². The first-order valence-electron chi connectivity index (χ1n) is 9.05. The minimum Gasteiger partial charge on any atom is -0.408 e. The zero-order valence-corrected chi connectivity index (χ0v) is 15.9. The van der Waals surface area contributed by atoms with Crippen LogP contribution in [0.5, 0.6) is 5.75 Å². The molecule has 1 aromatic heterocycles. The summed E-state index contributed by atoms with van der Waals surface area (Å²) in [6.45, 7) is 3.00. The van der Waals surface area contributed by atoms with Gasteiger partial charge in [-0.25, -0.2) is 14.8 Å². The highest BCUT2D eigenvalue weighted by molar-refractivity contribution is 6.30. The number of anilines is 1. The predicted molar refractivity (Wildman–Crippen MR) is 109 cm³/mol. The van der Waals surface area contributed by atoms with Gasteiger partial charge in [-0.05, 0) is 49.3 Å². The number of amides is 1. The molecule has 2 heterocycles. The minimum absolute atomic E-state index is 0.00202. The van der Waals surface area contributed by atoms with Crippen LogP contribution >= 0.6 is 11.6 Å². The van der Waals surface area contributed by atoms with Crippen molar-refractivity contribution in [1.82, 2.24) is 14.9 Å². The zero-order chi connectivity index (χ0) is 19.5. The molecule has 0 spiro atoms. The van der Waals surface area contributed by atoms with Crippen LogP contribution < -0.4 is 15.8 Å². The molecule has 0 saturated carbocycles. The molecule has 0 unspecified atom stereocenters. The van der Waals surface area contributed by atoms with E-state index < -0.39 is 6.09 Å². The van der Waals surface area contributed by atoms with Crippen LogP contribution in [0.1, 0.15) is 18.0 Å². The fourth-order valence-electron chi connectivity index (χ4n) is 3.31. The number of likely N-dealkylation sites (tertiary alicyclic amines) is 1. The lowest BCUT2D eigenvalue weighted by atomic mass is 10.0. The molecule has 1 saturated heterocycles. The number of primary amides is 1. The second-order valence-electron chi connectivity index (χ2n) is 6.70. The largest absolute Gasteiger partial charge is 0.410 e. The number of carbonyl (C=O) groups is 1. The van der Waals surface area contributed by atoms with Crippen LogP contribution in [0.15, 0.2) is 48.8 Å². The van der Waals surface area contributed by atoms with Gasteiger partial charge in [-0.2, -0.15) is 0 Å². The van der Waals surface area contributed by atoms with E-state index >= 15 is 0 Å². The third-order valence-electron chi connectivity index (χ3n) is 4.79. The summed E-state index contributed by atoms with van der Waals surface area (Å²) in [4.78, 5) is 22.2. The summed E-state index contributed by atoms with van der Waals surface area (Å²) in [5.41, 5.74) is 6.76. The average molecular weight is 398 g/mol. The Morgan fingerprint density at radius 1 is 1.25 bits per heavy atom. The molecule has 1 amide bonds. The van der Waals surface area contributed by atoms with E-state index in [0.29, 0.717) is 22.1 Å². The first-order valence-corrected chi connectivity index (χ1v) is 9.43. The molecule has 7 nitrogen and oxygen atoms in total. The Kier molecular flexibility index (Phi) is 5.27. The van der Waals surface area contributed by atoms with Gasteiger partial charge in [0.15, 0.2) is 5.75 Å². The molecule has 144 valence electrons. The van der Waals surface area contributed by atoms with Crippen molar-refractivity contribution in [3.8, 4) is 5.75 Å². The number of aromatic nitrogens is 2. The molecule has 3 aromatic rings. The van der Waals surface area contributed by atoms with E-state index in [1.807, 2.05) is 30.3 Å². The molecular weight excluding hydrogens is 378 g/mol. The lowest BCUT2D eigenvalue weighted by molar-refractivity contribution is 0.174. The zero-order valence-electron chi connectivity index (χ0n) is 15.1. The standard InChI is InChI=1S/C20H20ClN5O2/c21-14-5-1-4-13(10-14)16(11-26-8-3-9-26)25-19-15-6-2-7-17(28-20(22)27)18(15)23-12-24-19/h1-2,4-7,10,12,16H,3,8-9,11H2,(H2,22,27)(H,23,24,25)/t16-/m1/s1. The van der Waals surface area contributed by atoms with E-state index in [1.165, 1.54) is 12.7 Å². The molecule has 0 radical (unpaired) electrons. The number of hydrogen-bond acceptors (Lipinski definition) is 6. The van der Waals surface area contributed by atoms with Crippen LogP contribution in [0, 0.1) is 0 Å². The number of nitrogens with zero attached hydrogens (tertiary/aromatic N) is 3. The third kappa shape index (κ3) is 4.00. The van der Waals surface area contributed by atoms with Gasteiger partial charge in [-0.3, -0.25) is 0 Å². The number of hydrogen-bond donors (Lipinski definition) is 2. The highest BCUT2D eigenvalue weighted by atomic mass is 35.5. The van der Waals surface area contributed by atoms with Crippen molar-refractivity contribution in [1.29, 1.82) is 0 Å². The molecule has 2 aromatic carbocycles. The van der Waals surface area contributed by atoms with Crippen molar-refractivity contribution >= 4 is 34.4 Å². The summed E-state index contributed by atoms with van der Waals surface area (Å²) in [6.07, 6.45) is 1.78. The van der Waals surface area contributed by atoms with Crippen LogP contribution in [0.25, 0.3) is 10.9 Å². The number of nitrogens with one attached hydrogen (secondary N) is 1. The third-order valence-corrected chi connectivity index (χ3v) is 5.02. The average Bonchev–Trinajstić information content (AvgIpc) is 2.63. The maximum Gasteiger partial charge on any atom is 0.410 e. The summed E-state index contributed by atoms with van der Waals surface area (Å²) in [5, 5.41) is 4.96. The Bertz CT molecular complexity index is 1010. The number of rotatable bonds is 6. The van der Waals surface area contributed by atoms with Gasteiger partial charge in [0.2, 0.25) is 0 Å². The number of benzene rings is 2. The van der Waals surface area contributed by atoms with Crippen molar-refractivity contribution in [2.24, 2.45) is 5.73 Å². The maximum absolute atomic E-state index is 11.2. The van der Waals surface area contributed by atoms with Gasteiger partial charge in [0.05, 0.1) is 6.04 Å². The smallest absolute Gasteiger partial charge is 0.408 e. The fraction of sp³-hybridized carbons (Fsp3) is 0.250. The van der Waals surface area contributed by atoms with Crippen LogP contribution in [0.4, 0.5) is 10.6 Å². The predicted octanol–water partition coefficient (Wildman–Crippen LogP) is 3.60. The van der Waals surface area contributed by atoms with Crippen LogP contribution in [0.3, 0.4) is 0 Å². The minimum atomic E-state index is -0.879. The Hall–Kier alpha value is -2.90. The first-order chi connectivity index (χ1) is 13.6. The van der Waals surface area contributed by atoms with Gasteiger partial charge < -0.3 is 20.7 Å².